The van der Waals surface area contributed by atoms with Crippen molar-refractivity contribution in [1.82, 2.24) is 9.97 Å². The molecule has 2 aromatic rings. The summed E-state index contributed by atoms with van der Waals surface area (Å²) in [4.78, 5) is 18.8. The maximum atomic E-state index is 10.9. The molecule has 1 heterocycles. The fraction of sp³-hybridized carbons (Fsp3) is 0.467. The van der Waals surface area contributed by atoms with Crippen molar-refractivity contribution in [2.75, 3.05) is 7.11 Å². The zero-order chi connectivity index (χ0) is 14.0. The summed E-state index contributed by atoms with van der Waals surface area (Å²) in [6.07, 6.45) is 1.89. The first-order valence-electron chi connectivity index (χ1n) is 6.58. The maximum Gasteiger partial charge on any atom is 0.150 e. The van der Waals surface area contributed by atoms with Crippen molar-refractivity contribution in [1.29, 1.82) is 0 Å². The van der Waals surface area contributed by atoms with E-state index in [0.717, 1.165) is 29.6 Å². The summed E-state index contributed by atoms with van der Waals surface area (Å²) >= 11 is 0. The molecular formula is C15H20N2O2. The summed E-state index contributed by atoms with van der Waals surface area (Å²) in [6, 6.07) is 3.52. The number of aldehydes is 1. The van der Waals surface area contributed by atoms with Crippen molar-refractivity contribution < 1.29 is 9.53 Å². The van der Waals surface area contributed by atoms with Gasteiger partial charge in [0, 0.05) is 11.5 Å². The SMILES string of the molecule is COc1cc(C=O)cc2[nH]c([C@H](C)CC(C)C)nc12. The van der Waals surface area contributed by atoms with Gasteiger partial charge in [0.25, 0.3) is 0 Å². The topological polar surface area (TPSA) is 55.0 Å². The van der Waals surface area contributed by atoms with Crippen LogP contribution in [0.4, 0.5) is 0 Å². The van der Waals surface area contributed by atoms with E-state index >= 15 is 0 Å². The summed E-state index contributed by atoms with van der Waals surface area (Å²) in [5, 5.41) is 0. The molecule has 0 amide bonds. The lowest BCUT2D eigenvalue weighted by molar-refractivity contribution is 0.112. The third-order valence-corrected chi connectivity index (χ3v) is 3.24. The van der Waals surface area contributed by atoms with Gasteiger partial charge in [-0.25, -0.2) is 4.98 Å². The summed E-state index contributed by atoms with van der Waals surface area (Å²) < 4.78 is 5.30. The predicted octanol–water partition coefficient (Wildman–Crippen LogP) is 3.53. The summed E-state index contributed by atoms with van der Waals surface area (Å²) in [5.74, 6) is 2.57. The van der Waals surface area contributed by atoms with Crippen LogP contribution in [0.1, 0.15) is 49.3 Å². The second-order valence-corrected chi connectivity index (χ2v) is 5.39. The molecule has 1 aromatic heterocycles. The number of aromatic amines is 1. The molecule has 0 aliphatic heterocycles. The van der Waals surface area contributed by atoms with E-state index in [1.54, 1.807) is 13.2 Å². The molecule has 0 unspecified atom stereocenters. The first-order chi connectivity index (χ1) is 9.05. The van der Waals surface area contributed by atoms with Crippen LogP contribution >= 0.6 is 0 Å². The number of hydrogen-bond acceptors (Lipinski definition) is 3. The molecule has 0 aliphatic carbocycles. The number of fused-ring (bicyclic) bond motifs is 1. The van der Waals surface area contributed by atoms with Gasteiger partial charge >= 0.3 is 0 Å². The van der Waals surface area contributed by atoms with Crippen LogP contribution in [0.5, 0.6) is 5.75 Å². The molecule has 0 aliphatic rings. The van der Waals surface area contributed by atoms with Crippen LogP contribution < -0.4 is 4.74 Å². The molecule has 1 atom stereocenters. The van der Waals surface area contributed by atoms with E-state index < -0.39 is 0 Å². The quantitative estimate of drug-likeness (QED) is 0.837. The zero-order valence-electron chi connectivity index (χ0n) is 11.9. The molecule has 0 saturated heterocycles. The number of rotatable bonds is 5. The third kappa shape index (κ3) is 2.78. The molecule has 4 nitrogen and oxygen atoms in total. The lowest BCUT2D eigenvalue weighted by Gasteiger charge is -2.10. The Labute approximate surface area is 113 Å². The number of methoxy groups -OCH3 is 1. The summed E-state index contributed by atoms with van der Waals surface area (Å²) in [7, 11) is 1.59. The number of imidazole rings is 1. The van der Waals surface area contributed by atoms with Crippen molar-refractivity contribution >= 4 is 17.3 Å². The van der Waals surface area contributed by atoms with Gasteiger partial charge in [0.05, 0.1) is 12.6 Å². The number of carbonyl (C=O) groups excluding carboxylic acids is 1. The van der Waals surface area contributed by atoms with Crippen LogP contribution in [0.3, 0.4) is 0 Å². The highest BCUT2D eigenvalue weighted by atomic mass is 16.5. The molecule has 2 rings (SSSR count). The molecule has 1 aromatic carbocycles. The Morgan fingerprint density at radius 2 is 2.11 bits per heavy atom. The Morgan fingerprint density at radius 3 is 2.68 bits per heavy atom. The van der Waals surface area contributed by atoms with E-state index in [0.29, 0.717) is 23.1 Å². The minimum atomic E-state index is 0.358. The fourth-order valence-corrected chi connectivity index (χ4v) is 2.40. The van der Waals surface area contributed by atoms with Gasteiger partial charge in [-0.1, -0.05) is 20.8 Å². The number of hydrogen-bond donors (Lipinski definition) is 1. The minimum absolute atomic E-state index is 0.358. The average Bonchev–Trinajstić information content (AvgIpc) is 2.80. The van der Waals surface area contributed by atoms with Gasteiger partial charge in [-0.2, -0.15) is 0 Å². The van der Waals surface area contributed by atoms with Crippen LogP contribution in [-0.2, 0) is 0 Å². The number of nitrogens with one attached hydrogen (secondary N) is 1. The van der Waals surface area contributed by atoms with Crippen molar-refractivity contribution in [3.05, 3.63) is 23.5 Å². The molecule has 0 fully saturated rings. The zero-order valence-corrected chi connectivity index (χ0v) is 11.9. The first-order valence-corrected chi connectivity index (χ1v) is 6.58. The maximum absolute atomic E-state index is 10.9. The molecular weight excluding hydrogens is 240 g/mol. The smallest absolute Gasteiger partial charge is 0.150 e. The van der Waals surface area contributed by atoms with Gasteiger partial charge in [-0.3, -0.25) is 4.79 Å². The largest absolute Gasteiger partial charge is 0.494 e. The molecule has 19 heavy (non-hydrogen) atoms. The van der Waals surface area contributed by atoms with Crippen LogP contribution in [0, 0.1) is 5.92 Å². The Hall–Kier alpha value is -1.84. The molecule has 0 saturated carbocycles. The standard InChI is InChI=1S/C15H20N2O2/c1-9(2)5-10(3)15-16-12-6-11(8-18)7-13(19-4)14(12)17-15/h6-10H,5H2,1-4H3,(H,16,17)/t10-/m1/s1. The average molecular weight is 260 g/mol. The van der Waals surface area contributed by atoms with Gasteiger partial charge < -0.3 is 9.72 Å². The number of nitrogens with zero attached hydrogens (tertiary/aromatic N) is 1. The van der Waals surface area contributed by atoms with Gasteiger partial charge in [0.1, 0.15) is 23.4 Å². The van der Waals surface area contributed by atoms with Crippen molar-refractivity contribution in [2.45, 2.75) is 33.1 Å². The molecule has 0 bridgehead atoms. The summed E-state index contributed by atoms with van der Waals surface area (Å²) in [6.45, 7) is 6.55. The lowest BCUT2D eigenvalue weighted by Crippen LogP contribution is -2.00. The molecule has 1 N–H and O–H groups in total. The number of benzene rings is 1. The molecule has 0 spiro atoms. The van der Waals surface area contributed by atoms with E-state index in [1.165, 1.54) is 0 Å². The van der Waals surface area contributed by atoms with Crippen molar-refractivity contribution in [3.63, 3.8) is 0 Å². The Balaban J connectivity index is 2.47. The van der Waals surface area contributed by atoms with Crippen LogP contribution in [0.2, 0.25) is 0 Å². The monoisotopic (exact) mass is 260 g/mol. The number of carbonyl (C=O) groups is 1. The number of H-pyrrole nitrogens is 1. The van der Waals surface area contributed by atoms with Crippen molar-refractivity contribution in [2.24, 2.45) is 5.92 Å². The van der Waals surface area contributed by atoms with Crippen LogP contribution in [0.25, 0.3) is 11.0 Å². The van der Waals surface area contributed by atoms with E-state index in [4.69, 9.17) is 4.74 Å². The van der Waals surface area contributed by atoms with Crippen molar-refractivity contribution in [3.8, 4) is 5.75 Å². The minimum Gasteiger partial charge on any atom is -0.494 e. The van der Waals surface area contributed by atoms with E-state index in [2.05, 4.69) is 30.7 Å². The van der Waals surface area contributed by atoms with Crippen LogP contribution in [-0.4, -0.2) is 23.4 Å². The fourth-order valence-electron chi connectivity index (χ4n) is 2.40. The molecule has 4 heteroatoms. The van der Waals surface area contributed by atoms with E-state index in [-0.39, 0.29) is 0 Å². The van der Waals surface area contributed by atoms with Gasteiger partial charge in [-0.05, 0) is 24.5 Å². The highest BCUT2D eigenvalue weighted by Gasteiger charge is 2.15. The first kappa shape index (κ1) is 13.6. The highest BCUT2D eigenvalue weighted by molar-refractivity contribution is 5.89. The predicted molar refractivity (Wildman–Crippen MR) is 75.9 cm³/mol. The second kappa shape index (κ2) is 5.43. The van der Waals surface area contributed by atoms with Gasteiger partial charge in [0.15, 0.2) is 0 Å². The Morgan fingerprint density at radius 1 is 1.37 bits per heavy atom. The Bertz CT molecular complexity index is 587. The van der Waals surface area contributed by atoms with Gasteiger partial charge in [0.2, 0.25) is 0 Å². The third-order valence-electron chi connectivity index (χ3n) is 3.24. The second-order valence-electron chi connectivity index (χ2n) is 5.39. The number of aromatic nitrogens is 2. The lowest BCUT2D eigenvalue weighted by atomic mass is 9.98. The molecule has 102 valence electrons. The van der Waals surface area contributed by atoms with E-state index in [1.807, 2.05) is 6.07 Å². The van der Waals surface area contributed by atoms with E-state index in [9.17, 15) is 4.79 Å². The Kier molecular flexibility index (Phi) is 3.88. The molecule has 0 radical (unpaired) electrons. The summed E-state index contributed by atoms with van der Waals surface area (Å²) in [5.41, 5.74) is 2.24. The van der Waals surface area contributed by atoms with Crippen LogP contribution in [0.15, 0.2) is 12.1 Å². The van der Waals surface area contributed by atoms with Gasteiger partial charge in [-0.15, -0.1) is 0 Å². The normalized spacial score (nSPS) is 12.9. The number of ether oxygens (including phenoxy) is 1. The highest BCUT2D eigenvalue weighted by Crippen LogP contribution is 2.29.